The van der Waals surface area contributed by atoms with Gasteiger partial charge in [-0.3, -0.25) is 9.59 Å². The number of benzene rings is 2. The summed E-state index contributed by atoms with van der Waals surface area (Å²) in [5.74, 6) is 0.666. The van der Waals surface area contributed by atoms with E-state index < -0.39 is 5.60 Å². The zero-order valence-electron chi connectivity index (χ0n) is 16.6. The summed E-state index contributed by atoms with van der Waals surface area (Å²) < 4.78 is 11.7. The largest absolute Gasteiger partial charge is 0.496 e. The van der Waals surface area contributed by atoms with Crippen LogP contribution in [0.1, 0.15) is 40.1 Å². The average molecular weight is 418 g/mol. The standard InChI is InChI=1S/C23H18N2O4S/c1-23(2)11-10-16-18(28-3)9-8-15(19(16)29-23)17-12-30-22(24-17)25-20(26)13-6-4-5-7-14(13)21(25)27/h4-12H,1-3H3. The second-order valence-electron chi connectivity index (χ2n) is 7.60. The second-order valence-corrected chi connectivity index (χ2v) is 8.44. The third-order valence-corrected chi connectivity index (χ3v) is 5.97. The molecule has 30 heavy (non-hydrogen) atoms. The molecule has 3 heterocycles. The third kappa shape index (κ3) is 2.74. The molecule has 2 aliphatic rings. The van der Waals surface area contributed by atoms with Crippen LogP contribution in [0.15, 0.2) is 47.9 Å². The first-order chi connectivity index (χ1) is 14.4. The molecule has 0 radical (unpaired) electrons. The Bertz CT molecular complexity index is 1210. The first-order valence-electron chi connectivity index (χ1n) is 9.42. The quantitative estimate of drug-likeness (QED) is 0.572. The molecule has 2 aliphatic heterocycles. The van der Waals surface area contributed by atoms with E-state index in [-0.39, 0.29) is 11.8 Å². The van der Waals surface area contributed by atoms with Gasteiger partial charge >= 0.3 is 0 Å². The van der Waals surface area contributed by atoms with Crippen LogP contribution in [0.5, 0.6) is 11.5 Å². The molecule has 0 saturated heterocycles. The maximum absolute atomic E-state index is 12.8. The molecule has 0 fully saturated rings. The number of carbonyl (C=O) groups excluding carboxylic acids is 2. The van der Waals surface area contributed by atoms with E-state index in [1.165, 1.54) is 11.3 Å². The maximum Gasteiger partial charge on any atom is 0.268 e. The van der Waals surface area contributed by atoms with E-state index in [9.17, 15) is 9.59 Å². The Labute approximate surface area is 177 Å². The van der Waals surface area contributed by atoms with E-state index in [2.05, 4.69) is 4.98 Å². The zero-order valence-corrected chi connectivity index (χ0v) is 17.4. The Morgan fingerprint density at radius 2 is 1.73 bits per heavy atom. The van der Waals surface area contributed by atoms with Gasteiger partial charge in [-0.15, -0.1) is 11.3 Å². The molecule has 0 aliphatic carbocycles. The molecule has 5 rings (SSSR count). The van der Waals surface area contributed by atoms with Crippen LogP contribution in [0.25, 0.3) is 17.3 Å². The van der Waals surface area contributed by atoms with E-state index in [1.54, 1.807) is 31.4 Å². The molecule has 2 amide bonds. The van der Waals surface area contributed by atoms with Crippen LogP contribution in [0.3, 0.4) is 0 Å². The minimum atomic E-state index is -0.477. The molecule has 3 aromatic rings. The molecule has 0 unspecified atom stereocenters. The number of anilines is 1. The highest BCUT2D eigenvalue weighted by Crippen LogP contribution is 2.45. The van der Waals surface area contributed by atoms with Crippen LogP contribution in [-0.4, -0.2) is 29.5 Å². The lowest BCUT2D eigenvalue weighted by molar-refractivity contribution is 0.0926. The fraction of sp³-hybridized carbons (Fsp3) is 0.174. The van der Waals surface area contributed by atoms with E-state index in [4.69, 9.17) is 9.47 Å². The first kappa shape index (κ1) is 18.6. The fourth-order valence-electron chi connectivity index (χ4n) is 3.66. The number of ether oxygens (including phenoxy) is 2. The SMILES string of the molecule is COc1ccc(-c2csc(N3C(=O)c4ccccc4C3=O)n2)c2c1C=CC(C)(C)O2. The highest BCUT2D eigenvalue weighted by molar-refractivity contribution is 7.14. The van der Waals surface area contributed by atoms with Gasteiger partial charge in [0, 0.05) is 10.9 Å². The van der Waals surface area contributed by atoms with Crippen LogP contribution < -0.4 is 14.4 Å². The Balaban J connectivity index is 1.57. The molecule has 0 spiro atoms. The number of amides is 2. The van der Waals surface area contributed by atoms with Crippen molar-refractivity contribution in [1.82, 2.24) is 4.98 Å². The topological polar surface area (TPSA) is 68.7 Å². The Morgan fingerprint density at radius 3 is 2.40 bits per heavy atom. The minimum Gasteiger partial charge on any atom is -0.496 e. The van der Waals surface area contributed by atoms with Crippen LogP contribution >= 0.6 is 11.3 Å². The Morgan fingerprint density at radius 1 is 1.03 bits per heavy atom. The predicted octanol–water partition coefficient (Wildman–Crippen LogP) is 4.80. The van der Waals surface area contributed by atoms with E-state index in [0.29, 0.717) is 33.5 Å². The van der Waals surface area contributed by atoms with Crippen molar-refractivity contribution in [1.29, 1.82) is 0 Å². The number of fused-ring (bicyclic) bond motifs is 2. The monoisotopic (exact) mass is 418 g/mol. The fourth-order valence-corrected chi connectivity index (χ4v) is 4.48. The normalized spacial score (nSPS) is 16.3. The van der Waals surface area contributed by atoms with Gasteiger partial charge in [-0.1, -0.05) is 12.1 Å². The zero-order chi connectivity index (χ0) is 21.0. The van der Waals surface area contributed by atoms with Gasteiger partial charge in [0.2, 0.25) is 0 Å². The molecule has 7 heteroatoms. The van der Waals surface area contributed by atoms with Gasteiger partial charge in [0.1, 0.15) is 17.1 Å². The molecule has 1 aromatic heterocycles. The van der Waals surface area contributed by atoms with E-state index in [0.717, 1.165) is 16.0 Å². The van der Waals surface area contributed by atoms with Gasteiger partial charge in [-0.05, 0) is 50.3 Å². The molecule has 0 atom stereocenters. The number of methoxy groups -OCH3 is 1. The summed E-state index contributed by atoms with van der Waals surface area (Å²) in [5, 5.41) is 2.17. The molecule has 2 aromatic carbocycles. The molecule has 150 valence electrons. The average Bonchev–Trinajstić information content (AvgIpc) is 3.30. The van der Waals surface area contributed by atoms with E-state index in [1.807, 2.05) is 43.5 Å². The molecular formula is C23H18N2O4S. The number of hydrogen-bond donors (Lipinski definition) is 0. The van der Waals surface area contributed by atoms with Gasteiger partial charge in [0.25, 0.3) is 11.8 Å². The van der Waals surface area contributed by atoms with Crippen molar-refractivity contribution in [2.75, 3.05) is 12.0 Å². The number of imide groups is 1. The number of aromatic nitrogens is 1. The molecular weight excluding hydrogens is 400 g/mol. The summed E-state index contributed by atoms with van der Waals surface area (Å²) in [5.41, 5.74) is 2.58. The second kappa shape index (κ2) is 6.53. The number of nitrogens with zero attached hydrogens (tertiary/aromatic N) is 2. The third-order valence-electron chi connectivity index (χ3n) is 5.15. The van der Waals surface area contributed by atoms with Crippen molar-refractivity contribution < 1.29 is 19.1 Å². The van der Waals surface area contributed by atoms with Gasteiger partial charge in [0.15, 0.2) is 5.13 Å². The summed E-state index contributed by atoms with van der Waals surface area (Å²) >= 11 is 1.25. The number of hydrogen-bond acceptors (Lipinski definition) is 6. The predicted molar refractivity (Wildman–Crippen MR) is 115 cm³/mol. The summed E-state index contributed by atoms with van der Waals surface area (Å²) in [4.78, 5) is 31.3. The summed E-state index contributed by atoms with van der Waals surface area (Å²) in [6, 6.07) is 10.6. The van der Waals surface area contributed by atoms with Crippen LogP contribution in [0.4, 0.5) is 5.13 Å². The van der Waals surface area contributed by atoms with Crippen LogP contribution in [-0.2, 0) is 0 Å². The highest BCUT2D eigenvalue weighted by Gasteiger charge is 2.38. The van der Waals surface area contributed by atoms with Crippen molar-refractivity contribution in [2.24, 2.45) is 0 Å². The number of rotatable bonds is 3. The lowest BCUT2D eigenvalue weighted by Crippen LogP contribution is -2.29. The lowest BCUT2D eigenvalue weighted by atomic mass is 9.98. The Hall–Kier alpha value is -3.45. The number of thiazole rings is 1. The maximum atomic E-state index is 12.8. The Kier molecular flexibility index (Phi) is 4.04. The van der Waals surface area contributed by atoms with Gasteiger partial charge in [-0.2, -0.15) is 0 Å². The van der Waals surface area contributed by atoms with Crippen molar-refractivity contribution >= 4 is 34.4 Å². The van der Waals surface area contributed by atoms with Gasteiger partial charge < -0.3 is 9.47 Å². The van der Waals surface area contributed by atoms with E-state index >= 15 is 0 Å². The van der Waals surface area contributed by atoms with Crippen molar-refractivity contribution in [3.63, 3.8) is 0 Å². The summed E-state index contributed by atoms with van der Waals surface area (Å²) in [6.45, 7) is 3.95. The molecule has 6 nitrogen and oxygen atoms in total. The summed E-state index contributed by atoms with van der Waals surface area (Å²) in [6.07, 6.45) is 3.96. The first-order valence-corrected chi connectivity index (χ1v) is 10.3. The highest BCUT2D eigenvalue weighted by atomic mass is 32.1. The number of carbonyl (C=O) groups is 2. The summed E-state index contributed by atoms with van der Waals surface area (Å²) in [7, 11) is 1.62. The lowest BCUT2D eigenvalue weighted by Gasteiger charge is -2.30. The molecule has 0 N–H and O–H groups in total. The van der Waals surface area contributed by atoms with Crippen LogP contribution in [0, 0.1) is 0 Å². The van der Waals surface area contributed by atoms with Gasteiger partial charge in [-0.25, -0.2) is 9.88 Å². The smallest absolute Gasteiger partial charge is 0.268 e. The van der Waals surface area contributed by atoms with Crippen molar-refractivity contribution in [2.45, 2.75) is 19.4 Å². The molecule has 0 bridgehead atoms. The minimum absolute atomic E-state index is 0.339. The van der Waals surface area contributed by atoms with Gasteiger partial charge in [0.05, 0.1) is 29.5 Å². The van der Waals surface area contributed by atoms with Crippen LogP contribution in [0.2, 0.25) is 0 Å². The molecule has 0 saturated carbocycles. The van der Waals surface area contributed by atoms with Crippen molar-refractivity contribution in [3.05, 3.63) is 64.5 Å². The van der Waals surface area contributed by atoms with Crippen molar-refractivity contribution in [3.8, 4) is 22.8 Å².